The minimum absolute atomic E-state index is 0.0131. The summed E-state index contributed by atoms with van der Waals surface area (Å²) >= 11 is 0. The van der Waals surface area contributed by atoms with E-state index in [1.807, 2.05) is 55.5 Å². The average molecular weight is 524 g/mol. The monoisotopic (exact) mass is 523 g/mol. The number of hydrogen-bond donors (Lipinski definition) is 0. The zero-order valence-electron chi connectivity index (χ0n) is 23.2. The molecule has 0 unspecified atom stereocenters. The van der Waals surface area contributed by atoms with Crippen molar-refractivity contribution in [3.8, 4) is 22.6 Å². The minimum Gasteiger partial charge on any atom is -0.493 e. The van der Waals surface area contributed by atoms with Gasteiger partial charge in [-0.2, -0.15) is 0 Å². The van der Waals surface area contributed by atoms with E-state index < -0.39 is 0 Å². The van der Waals surface area contributed by atoms with Crippen LogP contribution < -0.4 is 9.47 Å². The van der Waals surface area contributed by atoms with Gasteiger partial charge in [0.15, 0.2) is 11.5 Å². The number of nitrogens with zero attached hydrogens (tertiary/aromatic N) is 1. The van der Waals surface area contributed by atoms with E-state index in [4.69, 9.17) is 14.2 Å². The predicted molar refractivity (Wildman–Crippen MR) is 156 cm³/mol. The van der Waals surface area contributed by atoms with Crippen LogP contribution in [0.1, 0.15) is 49.0 Å². The molecule has 0 saturated heterocycles. The van der Waals surface area contributed by atoms with Crippen molar-refractivity contribution in [3.05, 3.63) is 120 Å². The van der Waals surface area contributed by atoms with Crippen molar-refractivity contribution in [1.29, 1.82) is 0 Å². The van der Waals surface area contributed by atoms with Crippen LogP contribution in [-0.2, 0) is 16.1 Å². The molecule has 0 bridgehead atoms. The van der Waals surface area contributed by atoms with E-state index in [9.17, 15) is 4.79 Å². The molecule has 5 heteroatoms. The number of ether oxygens (including phenoxy) is 3. The smallest absolute Gasteiger partial charge is 0.307 e. The van der Waals surface area contributed by atoms with Gasteiger partial charge in [-0.1, -0.05) is 91.0 Å². The fraction of sp³-hybridized carbons (Fsp3) is 0.265. The van der Waals surface area contributed by atoms with Gasteiger partial charge in [0.25, 0.3) is 0 Å². The normalized spacial score (nSPS) is 12.5. The number of methoxy groups -OCH3 is 2. The highest BCUT2D eigenvalue weighted by Gasteiger charge is 2.31. The summed E-state index contributed by atoms with van der Waals surface area (Å²) in [5, 5.41) is 0. The van der Waals surface area contributed by atoms with Crippen molar-refractivity contribution in [3.63, 3.8) is 0 Å². The molecular weight excluding hydrogens is 486 g/mol. The van der Waals surface area contributed by atoms with Crippen LogP contribution in [0.2, 0.25) is 0 Å². The highest BCUT2D eigenvalue weighted by molar-refractivity contribution is 5.76. The number of esters is 1. The molecule has 4 rings (SSSR count). The van der Waals surface area contributed by atoms with Gasteiger partial charge in [-0.05, 0) is 48.2 Å². The highest BCUT2D eigenvalue weighted by atomic mass is 16.5. The van der Waals surface area contributed by atoms with Gasteiger partial charge in [-0.25, -0.2) is 0 Å². The van der Waals surface area contributed by atoms with Gasteiger partial charge in [0.1, 0.15) is 0 Å². The van der Waals surface area contributed by atoms with Crippen LogP contribution in [0.3, 0.4) is 0 Å². The maximum absolute atomic E-state index is 13.1. The van der Waals surface area contributed by atoms with Crippen LogP contribution in [0, 0.1) is 0 Å². The third-order valence-corrected chi connectivity index (χ3v) is 7.02. The first kappa shape index (κ1) is 27.9. The molecule has 0 fully saturated rings. The lowest BCUT2D eigenvalue weighted by Gasteiger charge is -2.37. The second-order valence-corrected chi connectivity index (χ2v) is 9.44. The van der Waals surface area contributed by atoms with Crippen molar-refractivity contribution in [1.82, 2.24) is 4.90 Å². The lowest BCUT2D eigenvalue weighted by molar-refractivity contribution is -0.145. The van der Waals surface area contributed by atoms with Crippen LogP contribution in [0.4, 0.5) is 0 Å². The lowest BCUT2D eigenvalue weighted by Crippen LogP contribution is -2.33. The summed E-state index contributed by atoms with van der Waals surface area (Å²) in [6.07, 6.45) is 0.196. The van der Waals surface area contributed by atoms with E-state index in [1.165, 1.54) is 5.56 Å². The number of hydrogen-bond acceptors (Lipinski definition) is 5. The Morgan fingerprint density at radius 1 is 0.795 bits per heavy atom. The Hall–Kier alpha value is -4.09. The molecule has 0 amide bonds. The molecule has 202 valence electrons. The zero-order chi connectivity index (χ0) is 27.6. The summed E-state index contributed by atoms with van der Waals surface area (Å²) in [6.45, 7) is 5.01. The second-order valence-electron chi connectivity index (χ2n) is 9.44. The second kappa shape index (κ2) is 13.6. The van der Waals surface area contributed by atoms with Gasteiger partial charge >= 0.3 is 5.97 Å². The van der Waals surface area contributed by atoms with Crippen molar-refractivity contribution in [2.45, 2.75) is 38.9 Å². The SMILES string of the molecule is CCOC(=O)C[C@@H](c1cc(OC)c(OC)c(-c2ccccc2)c1)N(Cc1ccccc1)[C@H](C)c1ccccc1. The molecule has 0 heterocycles. The highest BCUT2D eigenvalue weighted by Crippen LogP contribution is 2.44. The van der Waals surface area contributed by atoms with E-state index in [-0.39, 0.29) is 24.5 Å². The van der Waals surface area contributed by atoms with E-state index in [0.717, 1.165) is 22.3 Å². The summed E-state index contributed by atoms with van der Waals surface area (Å²) in [4.78, 5) is 15.4. The maximum Gasteiger partial charge on any atom is 0.307 e. The fourth-order valence-electron chi connectivity index (χ4n) is 5.05. The Morgan fingerprint density at radius 2 is 1.41 bits per heavy atom. The number of carbonyl (C=O) groups excluding carboxylic acids is 1. The first-order chi connectivity index (χ1) is 19.0. The Bertz CT molecular complexity index is 1330. The molecule has 4 aromatic carbocycles. The van der Waals surface area contributed by atoms with Crippen LogP contribution >= 0.6 is 0 Å². The largest absolute Gasteiger partial charge is 0.493 e. The summed E-state index contributed by atoms with van der Waals surface area (Å²) < 4.78 is 17.1. The average Bonchev–Trinajstić information content (AvgIpc) is 2.99. The summed E-state index contributed by atoms with van der Waals surface area (Å²) in [6, 6.07) is 34.7. The van der Waals surface area contributed by atoms with Crippen molar-refractivity contribution in [2.75, 3.05) is 20.8 Å². The number of benzene rings is 4. The van der Waals surface area contributed by atoms with Crippen LogP contribution in [0.25, 0.3) is 11.1 Å². The van der Waals surface area contributed by atoms with Gasteiger partial charge in [0.2, 0.25) is 0 Å². The molecule has 0 aliphatic heterocycles. The molecule has 39 heavy (non-hydrogen) atoms. The number of carbonyl (C=O) groups is 1. The van der Waals surface area contributed by atoms with Crippen molar-refractivity contribution < 1.29 is 19.0 Å². The maximum atomic E-state index is 13.1. The van der Waals surface area contributed by atoms with Gasteiger partial charge in [0, 0.05) is 24.2 Å². The Morgan fingerprint density at radius 3 is 2.00 bits per heavy atom. The third-order valence-electron chi connectivity index (χ3n) is 7.02. The quantitative estimate of drug-likeness (QED) is 0.179. The molecule has 5 nitrogen and oxygen atoms in total. The fourth-order valence-corrected chi connectivity index (χ4v) is 5.05. The summed E-state index contributed by atoms with van der Waals surface area (Å²) in [7, 11) is 3.30. The van der Waals surface area contributed by atoms with Crippen molar-refractivity contribution >= 4 is 5.97 Å². The van der Waals surface area contributed by atoms with Gasteiger partial charge < -0.3 is 14.2 Å². The molecule has 0 saturated carbocycles. The summed E-state index contributed by atoms with van der Waals surface area (Å²) in [5.41, 5.74) is 5.21. The van der Waals surface area contributed by atoms with E-state index in [0.29, 0.717) is 24.7 Å². The van der Waals surface area contributed by atoms with Gasteiger partial charge in [-0.15, -0.1) is 0 Å². The Labute approximate surface area is 232 Å². The predicted octanol–water partition coefficient (Wildman–Crippen LogP) is 7.63. The lowest BCUT2D eigenvalue weighted by atomic mass is 9.93. The minimum atomic E-state index is -0.290. The summed E-state index contributed by atoms with van der Waals surface area (Å²) in [5.74, 6) is 1.04. The van der Waals surface area contributed by atoms with Crippen LogP contribution in [0.5, 0.6) is 11.5 Å². The molecule has 0 N–H and O–H groups in total. The van der Waals surface area contributed by atoms with E-state index in [1.54, 1.807) is 14.2 Å². The first-order valence-electron chi connectivity index (χ1n) is 13.4. The van der Waals surface area contributed by atoms with Crippen LogP contribution in [0.15, 0.2) is 103 Å². The molecule has 4 aromatic rings. The van der Waals surface area contributed by atoms with Crippen LogP contribution in [-0.4, -0.2) is 31.7 Å². The molecule has 0 radical (unpaired) electrons. The van der Waals surface area contributed by atoms with E-state index >= 15 is 0 Å². The van der Waals surface area contributed by atoms with E-state index in [2.05, 4.69) is 66.4 Å². The van der Waals surface area contributed by atoms with Crippen molar-refractivity contribution in [2.24, 2.45) is 0 Å². The standard InChI is InChI=1S/C34H37NO4/c1-5-39-33(36)23-31(29-21-30(28-19-13-8-14-20-28)34(38-4)32(22-29)37-3)35(24-26-15-9-6-10-16-26)25(2)27-17-11-7-12-18-27/h6-22,25,31H,5,23-24H2,1-4H3/t25-,31+/m1/s1. The topological polar surface area (TPSA) is 48.0 Å². The molecule has 0 spiro atoms. The first-order valence-corrected chi connectivity index (χ1v) is 13.4. The molecule has 2 atom stereocenters. The molecule has 0 aromatic heterocycles. The van der Waals surface area contributed by atoms with Gasteiger partial charge in [-0.3, -0.25) is 9.69 Å². The molecule has 0 aliphatic carbocycles. The molecule has 0 aliphatic rings. The number of rotatable bonds is 12. The molecular formula is C34H37NO4. The Balaban J connectivity index is 1.90. The van der Waals surface area contributed by atoms with Gasteiger partial charge in [0.05, 0.1) is 27.2 Å². The third kappa shape index (κ3) is 6.87. The zero-order valence-corrected chi connectivity index (χ0v) is 23.2. The Kier molecular flexibility index (Phi) is 9.76.